The molecule has 134 valence electrons. The number of amides is 1. The van der Waals surface area contributed by atoms with Crippen molar-refractivity contribution in [3.05, 3.63) is 41.0 Å². The van der Waals surface area contributed by atoms with Crippen LogP contribution in [-0.4, -0.2) is 30.3 Å². The van der Waals surface area contributed by atoms with Crippen molar-refractivity contribution < 1.29 is 14.1 Å². The van der Waals surface area contributed by atoms with Crippen molar-refractivity contribution >= 4 is 17.5 Å². The van der Waals surface area contributed by atoms with Crippen LogP contribution in [0.3, 0.4) is 0 Å². The second-order valence-electron chi connectivity index (χ2n) is 6.33. The Morgan fingerprint density at radius 2 is 2.24 bits per heavy atom. The molecule has 0 bridgehead atoms. The number of hydrogen-bond donors (Lipinski definition) is 2. The number of benzene rings is 1. The first-order valence-electron chi connectivity index (χ1n) is 8.35. The summed E-state index contributed by atoms with van der Waals surface area (Å²) in [5.41, 5.74) is 7.49. The van der Waals surface area contributed by atoms with Crippen LogP contribution in [0.1, 0.15) is 25.0 Å². The molecule has 0 aliphatic heterocycles. The third-order valence-corrected chi connectivity index (χ3v) is 4.98. The summed E-state index contributed by atoms with van der Waals surface area (Å²) in [7, 11) is 1.66. The maximum atomic E-state index is 12.4. The van der Waals surface area contributed by atoms with Gasteiger partial charge in [-0.3, -0.25) is 4.79 Å². The Bertz CT molecular complexity index is 734. The molecule has 2 aromatic rings. The van der Waals surface area contributed by atoms with Crippen LogP contribution in [0.2, 0.25) is 5.02 Å². The average Bonchev–Trinajstić information content (AvgIpc) is 3.08. The molecule has 25 heavy (non-hydrogen) atoms. The lowest BCUT2D eigenvalue weighted by Crippen LogP contribution is -2.45. The van der Waals surface area contributed by atoms with Crippen LogP contribution in [0, 0.1) is 5.92 Å². The molecule has 1 aromatic heterocycles. The number of nitrogens with one attached hydrogen (secondary N) is 1. The SMILES string of the molecule is CO[C@@H]1CC[C@H](C(=O)NCc2cc(-c3ccccc3Cl)on2)C[C@H]1N. The standard InChI is InChI=1S/C18H22ClN3O3/c1-24-16-7-6-11(8-15(16)20)18(23)21-10-12-9-17(25-22-12)13-4-2-3-5-14(13)19/h2-5,9,11,15-16H,6-8,10,20H2,1H3,(H,21,23)/t11-,15+,16+/m0/s1. The minimum Gasteiger partial charge on any atom is -0.380 e. The third kappa shape index (κ3) is 4.21. The largest absolute Gasteiger partial charge is 0.380 e. The van der Waals surface area contributed by atoms with E-state index < -0.39 is 0 Å². The van der Waals surface area contributed by atoms with Crippen molar-refractivity contribution in [2.45, 2.75) is 38.0 Å². The van der Waals surface area contributed by atoms with E-state index in [1.807, 2.05) is 18.2 Å². The smallest absolute Gasteiger partial charge is 0.223 e. The lowest BCUT2D eigenvalue weighted by atomic mass is 9.83. The van der Waals surface area contributed by atoms with E-state index in [0.717, 1.165) is 18.4 Å². The summed E-state index contributed by atoms with van der Waals surface area (Å²) in [5.74, 6) is 0.487. The van der Waals surface area contributed by atoms with Gasteiger partial charge in [0, 0.05) is 30.7 Å². The Labute approximate surface area is 151 Å². The van der Waals surface area contributed by atoms with Gasteiger partial charge in [0.1, 0.15) is 5.69 Å². The van der Waals surface area contributed by atoms with E-state index in [1.165, 1.54) is 0 Å². The zero-order chi connectivity index (χ0) is 17.8. The summed E-state index contributed by atoms with van der Waals surface area (Å²) in [5, 5.41) is 7.50. The molecule has 3 N–H and O–H groups in total. The first-order valence-corrected chi connectivity index (χ1v) is 8.73. The van der Waals surface area contributed by atoms with Crippen LogP contribution < -0.4 is 11.1 Å². The molecule has 3 rings (SSSR count). The van der Waals surface area contributed by atoms with Crippen molar-refractivity contribution in [3.8, 4) is 11.3 Å². The highest BCUT2D eigenvalue weighted by Gasteiger charge is 2.31. The highest BCUT2D eigenvalue weighted by Crippen LogP contribution is 2.28. The van der Waals surface area contributed by atoms with Gasteiger partial charge in [0.25, 0.3) is 0 Å². The predicted molar refractivity (Wildman–Crippen MR) is 94.9 cm³/mol. The number of hydrogen-bond acceptors (Lipinski definition) is 5. The molecule has 1 fully saturated rings. The van der Waals surface area contributed by atoms with E-state index >= 15 is 0 Å². The number of nitrogens with zero attached hydrogens (tertiary/aromatic N) is 1. The fourth-order valence-corrected chi connectivity index (χ4v) is 3.44. The van der Waals surface area contributed by atoms with Crippen LogP contribution in [0.25, 0.3) is 11.3 Å². The normalized spacial score (nSPS) is 23.4. The van der Waals surface area contributed by atoms with E-state index in [4.69, 9.17) is 26.6 Å². The number of nitrogens with two attached hydrogens (primary N) is 1. The summed E-state index contributed by atoms with van der Waals surface area (Å²) in [6.07, 6.45) is 2.25. The first-order chi connectivity index (χ1) is 12.1. The van der Waals surface area contributed by atoms with Gasteiger partial charge in [-0.25, -0.2) is 0 Å². The molecule has 0 spiro atoms. The molecule has 1 aliphatic carbocycles. The number of aromatic nitrogens is 1. The molecule has 0 saturated heterocycles. The fraction of sp³-hybridized carbons (Fsp3) is 0.444. The number of ether oxygens (including phenoxy) is 1. The molecule has 1 aliphatic rings. The van der Waals surface area contributed by atoms with Gasteiger partial charge in [-0.15, -0.1) is 0 Å². The number of rotatable bonds is 5. The highest BCUT2D eigenvalue weighted by atomic mass is 35.5. The maximum Gasteiger partial charge on any atom is 0.223 e. The van der Waals surface area contributed by atoms with Crippen LogP contribution >= 0.6 is 11.6 Å². The zero-order valence-electron chi connectivity index (χ0n) is 14.1. The molecule has 3 atom stereocenters. The van der Waals surface area contributed by atoms with E-state index in [-0.39, 0.29) is 24.0 Å². The van der Waals surface area contributed by atoms with Crippen LogP contribution in [-0.2, 0) is 16.1 Å². The number of methoxy groups -OCH3 is 1. The summed E-state index contributed by atoms with van der Waals surface area (Å²) in [6, 6.07) is 9.07. The van der Waals surface area contributed by atoms with Crippen molar-refractivity contribution in [2.24, 2.45) is 11.7 Å². The number of halogens is 1. The van der Waals surface area contributed by atoms with Gasteiger partial charge in [0.15, 0.2) is 5.76 Å². The Morgan fingerprint density at radius 1 is 1.44 bits per heavy atom. The van der Waals surface area contributed by atoms with Gasteiger partial charge in [-0.2, -0.15) is 0 Å². The van der Waals surface area contributed by atoms with Crippen molar-refractivity contribution in [1.82, 2.24) is 10.5 Å². The van der Waals surface area contributed by atoms with Gasteiger partial charge in [-0.1, -0.05) is 28.9 Å². The second-order valence-corrected chi connectivity index (χ2v) is 6.74. The minimum absolute atomic E-state index is 0.00713. The van der Waals surface area contributed by atoms with E-state index in [0.29, 0.717) is 29.4 Å². The van der Waals surface area contributed by atoms with E-state index in [2.05, 4.69) is 10.5 Å². The molecule has 1 saturated carbocycles. The van der Waals surface area contributed by atoms with E-state index in [9.17, 15) is 4.79 Å². The molecular formula is C18H22ClN3O3. The zero-order valence-corrected chi connectivity index (χ0v) is 14.8. The third-order valence-electron chi connectivity index (χ3n) is 4.65. The molecule has 0 unspecified atom stereocenters. The summed E-state index contributed by atoms with van der Waals surface area (Å²) < 4.78 is 10.7. The van der Waals surface area contributed by atoms with Crippen molar-refractivity contribution in [3.63, 3.8) is 0 Å². The Morgan fingerprint density at radius 3 is 2.96 bits per heavy atom. The highest BCUT2D eigenvalue weighted by molar-refractivity contribution is 6.33. The Hall–Kier alpha value is -1.89. The summed E-state index contributed by atoms with van der Waals surface area (Å²) in [6.45, 7) is 0.312. The van der Waals surface area contributed by atoms with Crippen LogP contribution in [0.4, 0.5) is 0 Å². The first kappa shape index (κ1) is 17.9. The fourth-order valence-electron chi connectivity index (χ4n) is 3.21. The summed E-state index contributed by atoms with van der Waals surface area (Å²) >= 11 is 6.15. The van der Waals surface area contributed by atoms with Crippen molar-refractivity contribution in [2.75, 3.05) is 7.11 Å². The molecule has 0 radical (unpaired) electrons. The van der Waals surface area contributed by atoms with Crippen LogP contribution in [0.15, 0.2) is 34.9 Å². The lowest BCUT2D eigenvalue weighted by molar-refractivity contribution is -0.127. The number of carbonyl (C=O) groups excluding carboxylic acids is 1. The Kier molecular flexibility index (Phi) is 5.73. The quantitative estimate of drug-likeness (QED) is 0.852. The summed E-state index contributed by atoms with van der Waals surface area (Å²) in [4.78, 5) is 12.4. The van der Waals surface area contributed by atoms with Gasteiger partial charge in [-0.05, 0) is 31.4 Å². The molecule has 1 aromatic carbocycles. The van der Waals surface area contributed by atoms with Gasteiger partial charge < -0.3 is 20.3 Å². The van der Waals surface area contributed by atoms with Gasteiger partial charge >= 0.3 is 0 Å². The van der Waals surface area contributed by atoms with E-state index in [1.54, 1.807) is 19.2 Å². The maximum absolute atomic E-state index is 12.4. The lowest BCUT2D eigenvalue weighted by Gasteiger charge is -2.32. The predicted octanol–water partition coefficient (Wildman–Crippen LogP) is 2.75. The second kappa shape index (κ2) is 7.99. The van der Waals surface area contributed by atoms with Gasteiger partial charge in [0.2, 0.25) is 5.91 Å². The van der Waals surface area contributed by atoms with Crippen LogP contribution in [0.5, 0.6) is 0 Å². The molecule has 1 heterocycles. The average molecular weight is 364 g/mol. The minimum atomic E-state index is -0.103. The molecule has 7 heteroatoms. The topological polar surface area (TPSA) is 90.4 Å². The Balaban J connectivity index is 1.56. The molecule has 6 nitrogen and oxygen atoms in total. The molecular weight excluding hydrogens is 342 g/mol. The monoisotopic (exact) mass is 363 g/mol. The van der Waals surface area contributed by atoms with Gasteiger partial charge in [0.05, 0.1) is 17.7 Å². The van der Waals surface area contributed by atoms with Crippen molar-refractivity contribution in [1.29, 1.82) is 0 Å². The number of carbonyl (C=O) groups is 1. The molecule has 1 amide bonds.